The minimum Gasteiger partial charge on any atom is -0.387 e. The summed E-state index contributed by atoms with van der Waals surface area (Å²) >= 11 is 0. The third-order valence-corrected chi connectivity index (χ3v) is 3.12. The summed E-state index contributed by atoms with van der Waals surface area (Å²) in [5, 5.41) is 17.0. The highest BCUT2D eigenvalue weighted by atomic mass is 16.5. The second-order valence-corrected chi connectivity index (χ2v) is 4.96. The SMILES string of the molecule is CC(C)c1ccc(C(O)CNCc2ccon2)cc1. The summed E-state index contributed by atoms with van der Waals surface area (Å²) in [5.74, 6) is 0.511. The molecule has 4 heteroatoms. The molecule has 0 amide bonds. The first-order valence-electron chi connectivity index (χ1n) is 6.54. The van der Waals surface area contributed by atoms with E-state index in [2.05, 4.69) is 36.5 Å². The Bertz CT molecular complexity index is 477. The highest BCUT2D eigenvalue weighted by molar-refractivity contribution is 5.26. The van der Waals surface area contributed by atoms with Gasteiger partial charge >= 0.3 is 0 Å². The Labute approximate surface area is 113 Å². The number of rotatable bonds is 6. The van der Waals surface area contributed by atoms with Crippen LogP contribution in [0.15, 0.2) is 41.1 Å². The van der Waals surface area contributed by atoms with Gasteiger partial charge in [-0.05, 0) is 17.0 Å². The molecule has 4 nitrogen and oxygen atoms in total. The standard InChI is InChI=1S/C15H20N2O2/c1-11(2)12-3-5-13(6-4-12)15(18)10-16-9-14-7-8-19-17-14/h3-8,11,15-16,18H,9-10H2,1-2H3. The normalized spacial score (nSPS) is 12.8. The second-order valence-electron chi connectivity index (χ2n) is 4.96. The van der Waals surface area contributed by atoms with E-state index in [-0.39, 0.29) is 0 Å². The largest absolute Gasteiger partial charge is 0.387 e. The number of benzene rings is 1. The molecule has 2 N–H and O–H groups in total. The predicted octanol–water partition coefficient (Wildman–Crippen LogP) is 2.62. The summed E-state index contributed by atoms with van der Waals surface area (Å²) < 4.78 is 4.74. The van der Waals surface area contributed by atoms with Gasteiger partial charge in [0.15, 0.2) is 0 Å². The van der Waals surface area contributed by atoms with Crippen molar-refractivity contribution >= 4 is 0 Å². The fourth-order valence-corrected chi connectivity index (χ4v) is 1.89. The first-order valence-corrected chi connectivity index (χ1v) is 6.54. The molecule has 1 aromatic carbocycles. The van der Waals surface area contributed by atoms with Crippen LogP contribution in [-0.2, 0) is 6.54 Å². The van der Waals surface area contributed by atoms with Crippen LogP contribution in [0.25, 0.3) is 0 Å². The van der Waals surface area contributed by atoms with E-state index in [0.717, 1.165) is 11.3 Å². The highest BCUT2D eigenvalue weighted by Gasteiger charge is 2.08. The first kappa shape index (κ1) is 13.8. The van der Waals surface area contributed by atoms with Gasteiger partial charge in [-0.15, -0.1) is 0 Å². The zero-order valence-corrected chi connectivity index (χ0v) is 11.3. The zero-order chi connectivity index (χ0) is 13.7. The fraction of sp³-hybridized carbons (Fsp3) is 0.400. The summed E-state index contributed by atoms with van der Waals surface area (Å²) in [7, 11) is 0. The molecule has 0 aliphatic heterocycles. The van der Waals surface area contributed by atoms with Gasteiger partial charge in [0.05, 0.1) is 11.8 Å². The van der Waals surface area contributed by atoms with Crippen LogP contribution in [0.1, 0.15) is 42.7 Å². The van der Waals surface area contributed by atoms with Crippen LogP contribution < -0.4 is 5.32 Å². The maximum atomic E-state index is 10.1. The molecule has 1 aromatic heterocycles. The van der Waals surface area contributed by atoms with Crippen LogP contribution in [-0.4, -0.2) is 16.8 Å². The number of aliphatic hydroxyl groups excluding tert-OH is 1. The Morgan fingerprint density at radius 2 is 1.84 bits per heavy atom. The fourth-order valence-electron chi connectivity index (χ4n) is 1.89. The molecule has 2 aromatic rings. The van der Waals surface area contributed by atoms with E-state index in [0.29, 0.717) is 19.0 Å². The molecule has 0 saturated carbocycles. The van der Waals surface area contributed by atoms with Gasteiger partial charge in [-0.2, -0.15) is 0 Å². The van der Waals surface area contributed by atoms with E-state index in [4.69, 9.17) is 4.52 Å². The number of nitrogens with one attached hydrogen (secondary N) is 1. The van der Waals surface area contributed by atoms with E-state index in [1.165, 1.54) is 11.8 Å². The van der Waals surface area contributed by atoms with Crippen LogP contribution in [0.2, 0.25) is 0 Å². The van der Waals surface area contributed by atoms with Crippen LogP contribution in [0.4, 0.5) is 0 Å². The summed E-state index contributed by atoms with van der Waals surface area (Å²) in [6, 6.07) is 9.91. The van der Waals surface area contributed by atoms with Crippen molar-refractivity contribution in [1.82, 2.24) is 10.5 Å². The predicted molar refractivity (Wildman–Crippen MR) is 73.7 cm³/mol. The molecule has 0 aliphatic carbocycles. The average molecular weight is 260 g/mol. The van der Waals surface area contributed by atoms with Gasteiger partial charge in [0, 0.05) is 19.2 Å². The molecule has 2 rings (SSSR count). The number of hydrogen-bond acceptors (Lipinski definition) is 4. The van der Waals surface area contributed by atoms with Crippen molar-refractivity contribution < 1.29 is 9.63 Å². The smallest absolute Gasteiger partial charge is 0.124 e. The molecule has 0 bridgehead atoms. The lowest BCUT2D eigenvalue weighted by molar-refractivity contribution is 0.174. The minimum atomic E-state index is -0.506. The van der Waals surface area contributed by atoms with Gasteiger partial charge in [0.25, 0.3) is 0 Å². The van der Waals surface area contributed by atoms with Gasteiger partial charge in [0.1, 0.15) is 6.26 Å². The van der Waals surface area contributed by atoms with Crippen molar-refractivity contribution in [2.75, 3.05) is 6.54 Å². The lowest BCUT2D eigenvalue weighted by Gasteiger charge is -2.13. The summed E-state index contributed by atoms with van der Waals surface area (Å²) in [6.45, 7) is 5.40. The molecule has 0 spiro atoms. The number of hydrogen-bond donors (Lipinski definition) is 2. The van der Waals surface area contributed by atoms with E-state index < -0.39 is 6.10 Å². The topological polar surface area (TPSA) is 58.3 Å². The molecule has 0 fully saturated rings. The third-order valence-electron chi connectivity index (χ3n) is 3.12. The van der Waals surface area contributed by atoms with Gasteiger partial charge in [-0.1, -0.05) is 43.3 Å². The van der Waals surface area contributed by atoms with Crippen molar-refractivity contribution in [3.63, 3.8) is 0 Å². The van der Waals surface area contributed by atoms with Crippen LogP contribution in [0, 0.1) is 0 Å². The van der Waals surface area contributed by atoms with Crippen molar-refractivity contribution in [3.8, 4) is 0 Å². The molecular formula is C15H20N2O2. The Morgan fingerprint density at radius 3 is 2.42 bits per heavy atom. The van der Waals surface area contributed by atoms with Crippen LogP contribution in [0.3, 0.4) is 0 Å². The average Bonchev–Trinajstić information content (AvgIpc) is 2.92. The maximum absolute atomic E-state index is 10.1. The minimum absolute atomic E-state index is 0.494. The molecule has 1 unspecified atom stereocenters. The molecule has 102 valence electrons. The Kier molecular flexibility index (Phi) is 4.71. The van der Waals surface area contributed by atoms with E-state index >= 15 is 0 Å². The van der Waals surface area contributed by atoms with Crippen LogP contribution >= 0.6 is 0 Å². The second kappa shape index (κ2) is 6.50. The summed E-state index contributed by atoms with van der Waals surface area (Å²) in [6.07, 6.45) is 1.03. The lowest BCUT2D eigenvalue weighted by atomic mass is 10.00. The Morgan fingerprint density at radius 1 is 1.16 bits per heavy atom. The lowest BCUT2D eigenvalue weighted by Crippen LogP contribution is -2.21. The number of nitrogens with zero attached hydrogens (tertiary/aromatic N) is 1. The van der Waals surface area contributed by atoms with Crippen molar-refractivity contribution in [3.05, 3.63) is 53.4 Å². The van der Waals surface area contributed by atoms with E-state index in [1.54, 1.807) is 6.07 Å². The highest BCUT2D eigenvalue weighted by Crippen LogP contribution is 2.18. The third kappa shape index (κ3) is 3.91. The maximum Gasteiger partial charge on any atom is 0.124 e. The van der Waals surface area contributed by atoms with Gasteiger partial charge in [-0.3, -0.25) is 0 Å². The molecule has 0 radical (unpaired) electrons. The zero-order valence-electron chi connectivity index (χ0n) is 11.3. The van der Waals surface area contributed by atoms with E-state index in [9.17, 15) is 5.11 Å². The van der Waals surface area contributed by atoms with E-state index in [1.807, 2.05) is 12.1 Å². The monoisotopic (exact) mass is 260 g/mol. The number of aliphatic hydroxyl groups is 1. The molecule has 19 heavy (non-hydrogen) atoms. The summed E-state index contributed by atoms with van der Waals surface area (Å²) in [5.41, 5.74) is 3.05. The van der Waals surface area contributed by atoms with Gasteiger partial charge in [0.2, 0.25) is 0 Å². The Hall–Kier alpha value is -1.65. The molecular weight excluding hydrogens is 240 g/mol. The first-order chi connectivity index (χ1) is 9.16. The van der Waals surface area contributed by atoms with Gasteiger partial charge in [-0.25, -0.2) is 0 Å². The number of aromatic nitrogens is 1. The van der Waals surface area contributed by atoms with Crippen molar-refractivity contribution in [1.29, 1.82) is 0 Å². The Balaban J connectivity index is 1.83. The van der Waals surface area contributed by atoms with Crippen molar-refractivity contribution in [2.24, 2.45) is 0 Å². The van der Waals surface area contributed by atoms with Gasteiger partial charge < -0.3 is 14.9 Å². The molecule has 1 heterocycles. The molecule has 0 aliphatic rings. The summed E-state index contributed by atoms with van der Waals surface area (Å²) in [4.78, 5) is 0. The molecule has 0 saturated heterocycles. The quantitative estimate of drug-likeness (QED) is 0.838. The molecule has 1 atom stereocenters. The van der Waals surface area contributed by atoms with Crippen molar-refractivity contribution in [2.45, 2.75) is 32.4 Å². The van der Waals surface area contributed by atoms with Crippen LogP contribution in [0.5, 0.6) is 0 Å².